The number of halogens is 2. The van der Waals surface area contributed by atoms with Crippen LogP contribution in [0.4, 0.5) is 0 Å². The first-order valence-corrected chi connectivity index (χ1v) is 6.64. The van der Waals surface area contributed by atoms with Crippen LogP contribution in [0.25, 0.3) is 11.0 Å². The van der Waals surface area contributed by atoms with E-state index < -0.39 is 0 Å². The third-order valence-corrected chi connectivity index (χ3v) is 3.60. The molecule has 0 aliphatic rings. The van der Waals surface area contributed by atoms with Gasteiger partial charge in [0.05, 0.1) is 27.1 Å². The molecule has 0 amide bonds. The molecule has 5 heteroatoms. The van der Waals surface area contributed by atoms with Gasteiger partial charge in [-0.3, -0.25) is 0 Å². The molecule has 0 aliphatic carbocycles. The summed E-state index contributed by atoms with van der Waals surface area (Å²) in [7, 11) is 0. The summed E-state index contributed by atoms with van der Waals surface area (Å²) in [6.07, 6.45) is 2.17. The highest BCUT2D eigenvalue weighted by atomic mass is 35.5. The molecule has 0 N–H and O–H groups in total. The van der Waals surface area contributed by atoms with Crippen molar-refractivity contribution in [2.24, 2.45) is 0 Å². The lowest BCUT2D eigenvalue weighted by Crippen LogP contribution is -2.01. The number of hydrogen-bond donors (Lipinski definition) is 0. The molecular formula is C13H13Cl2N3. The van der Waals surface area contributed by atoms with Crippen molar-refractivity contribution in [2.75, 3.05) is 0 Å². The van der Waals surface area contributed by atoms with Gasteiger partial charge in [0.25, 0.3) is 0 Å². The van der Waals surface area contributed by atoms with Crippen molar-refractivity contribution in [1.82, 2.24) is 9.55 Å². The van der Waals surface area contributed by atoms with Crippen LogP contribution in [0.15, 0.2) is 12.1 Å². The van der Waals surface area contributed by atoms with Crippen LogP contribution in [-0.4, -0.2) is 9.55 Å². The summed E-state index contributed by atoms with van der Waals surface area (Å²) < 4.78 is 2.12. The van der Waals surface area contributed by atoms with Crippen LogP contribution >= 0.6 is 23.2 Å². The lowest BCUT2D eigenvalue weighted by molar-refractivity contribution is 0.688. The predicted octanol–water partition coefficient (Wildman–Crippen LogP) is 4.21. The van der Waals surface area contributed by atoms with Gasteiger partial charge in [-0.15, -0.1) is 0 Å². The topological polar surface area (TPSA) is 41.6 Å². The number of benzene rings is 1. The highest BCUT2D eigenvalue weighted by Crippen LogP contribution is 2.28. The Morgan fingerprint density at radius 3 is 2.72 bits per heavy atom. The Kier molecular flexibility index (Phi) is 4.11. The number of nitrogens with zero attached hydrogens (tertiary/aromatic N) is 3. The number of rotatable bonds is 4. The summed E-state index contributed by atoms with van der Waals surface area (Å²) >= 11 is 12.0. The van der Waals surface area contributed by atoms with Crippen molar-refractivity contribution in [3.05, 3.63) is 28.0 Å². The first-order valence-electron chi connectivity index (χ1n) is 5.88. The van der Waals surface area contributed by atoms with Crippen molar-refractivity contribution in [3.63, 3.8) is 0 Å². The van der Waals surface area contributed by atoms with E-state index >= 15 is 0 Å². The van der Waals surface area contributed by atoms with Gasteiger partial charge in [-0.1, -0.05) is 23.2 Å². The second-order valence-electron chi connectivity index (χ2n) is 4.04. The third-order valence-electron chi connectivity index (χ3n) is 2.87. The van der Waals surface area contributed by atoms with E-state index in [1.54, 1.807) is 6.07 Å². The summed E-state index contributed by atoms with van der Waals surface area (Å²) in [5.74, 6) is 0.987. The molecule has 1 aromatic carbocycles. The van der Waals surface area contributed by atoms with Gasteiger partial charge in [0.2, 0.25) is 0 Å². The Morgan fingerprint density at radius 1 is 1.33 bits per heavy atom. The van der Waals surface area contributed by atoms with Crippen molar-refractivity contribution < 1.29 is 0 Å². The van der Waals surface area contributed by atoms with E-state index in [4.69, 9.17) is 28.5 Å². The molecule has 0 fully saturated rings. The Labute approximate surface area is 116 Å². The second kappa shape index (κ2) is 5.60. The maximum absolute atomic E-state index is 8.57. The molecule has 0 radical (unpaired) electrons. The predicted molar refractivity (Wildman–Crippen MR) is 74.0 cm³/mol. The number of hydrogen-bond acceptors (Lipinski definition) is 2. The van der Waals surface area contributed by atoms with Crippen LogP contribution in [0, 0.1) is 11.3 Å². The van der Waals surface area contributed by atoms with Gasteiger partial charge in [-0.05, 0) is 25.5 Å². The first kappa shape index (κ1) is 13.2. The lowest BCUT2D eigenvalue weighted by atomic mass is 10.2. The van der Waals surface area contributed by atoms with Gasteiger partial charge in [-0.25, -0.2) is 4.98 Å². The Morgan fingerprint density at radius 2 is 2.06 bits per heavy atom. The highest BCUT2D eigenvalue weighted by Gasteiger charge is 2.11. The Bertz CT molecular complexity index is 611. The second-order valence-corrected chi connectivity index (χ2v) is 4.85. The van der Waals surface area contributed by atoms with Crippen molar-refractivity contribution in [3.8, 4) is 6.07 Å². The Balaban J connectivity index is 2.45. The molecule has 1 heterocycles. The molecule has 1 aromatic heterocycles. The van der Waals surface area contributed by atoms with E-state index in [2.05, 4.69) is 22.5 Å². The van der Waals surface area contributed by atoms with E-state index in [0.717, 1.165) is 36.2 Å². The zero-order valence-electron chi connectivity index (χ0n) is 10.1. The smallest absolute Gasteiger partial charge is 0.109 e. The minimum atomic E-state index is 0.522. The number of aromatic nitrogens is 2. The van der Waals surface area contributed by atoms with Gasteiger partial charge < -0.3 is 4.57 Å². The molecule has 0 bridgehead atoms. The molecule has 0 saturated heterocycles. The number of fused-ring (bicyclic) bond motifs is 1. The fourth-order valence-corrected chi connectivity index (χ4v) is 2.36. The molecule has 94 valence electrons. The molecule has 0 unspecified atom stereocenters. The monoisotopic (exact) mass is 281 g/mol. The Hall–Kier alpha value is -1.24. The summed E-state index contributed by atoms with van der Waals surface area (Å²) in [6.45, 7) is 2.90. The number of aryl methyl sites for hydroxylation is 2. The largest absolute Gasteiger partial charge is 0.328 e. The SMILES string of the molecule is CCn1c(CCCC#N)nc2cc(Cl)c(Cl)cc21. The molecule has 0 atom stereocenters. The minimum Gasteiger partial charge on any atom is -0.328 e. The summed E-state index contributed by atoms with van der Waals surface area (Å²) in [5.41, 5.74) is 1.86. The molecule has 2 rings (SSSR count). The van der Waals surface area contributed by atoms with Gasteiger partial charge in [0, 0.05) is 19.4 Å². The van der Waals surface area contributed by atoms with Gasteiger partial charge >= 0.3 is 0 Å². The number of imidazole rings is 1. The van der Waals surface area contributed by atoms with E-state index in [-0.39, 0.29) is 0 Å². The van der Waals surface area contributed by atoms with Crippen molar-refractivity contribution >= 4 is 34.2 Å². The molecule has 0 saturated carbocycles. The summed E-state index contributed by atoms with van der Waals surface area (Å²) in [5, 5.41) is 9.64. The van der Waals surface area contributed by atoms with Crippen LogP contribution in [0.2, 0.25) is 10.0 Å². The van der Waals surface area contributed by atoms with Crippen LogP contribution < -0.4 is 0 Å². The standard InChI is InChI=1S/C13H13Cl2N3/c1-2-18-12-8-10(15)9(14)7-11(12)17-13(18)5-3-4-6-16/h7-8H,2-5H2,1H3. The van der Waals surface area contributed by atoms with Gasteiger partial charge in [-0.2, -0.15) is 5.26 Å². The van der Waals surface area contributed by atoms with E-state index in [0.29, 0.717) is 16.5 Å². The number of unbranched alkanes of at least 4 members (excludes halogenated alkanes) is 1. The van der Waals surface area contributed by atoms with Crippen LogP contribution in [0.3, 0.4) is 0 Å². The fourth-order valence-electron chi connectivity index (χ4n) is 2.04. The normalized spacial score (nSPS) is 10.8. The van der Waals surface area contributed by atoms with Crippen molar-refractivity contribution in [2.45, 2.75) is 32.7 Å². The summed E-state index contributed by atoms with van der Waals surface area (Å²) in [6, 6.07) is 5.79. The molecule has 3 nitrogen and oxygen atoms in total. The van der Waals surface area contributed by atoms with Gasteiger partial charge in [0.15, 0.2) is 0 Å². The zero-order chi connectivity index (χ0) is 13.1. The highest BCUT2D eigenvalue weighted by molar-refractivity contribution is 6.42. The summed E-state index contributed by atoms with van der Waals surface area (Å²) in [4.78, 5) is 4.57. The fraction of sp³-hybridized carbons (Fsp3) is 0.385. The zero-order valence-corrected chi connectivity index (χ0v) is 11.6. The van der Waals surface area contributed by atoms with Gasteiger partial charge in [0.1, 0.15) is 5.82 Å². The minimum absolute atomic E-state index is 0.522. The molecule has 0 aliphatic heterocycles. The average molecular weight is 282 g/mol. The lowest BCUT2D eigenvalue weighted by Gasteiger charge is -2.05. The van der Waals surface area contributed by atoms with Crippen LogP contribution in [0.1, 0.15) is 25.6 Å². The van der Waals surface area contributed by atoms with Crippen LogP contribution in [0.5, 0.6) is 0 Å². The first-order chi connectivity index (χ1) is 8.67. The maximum atomic E-state index is 8.57. The van der Waals surface area contributed by atoms with E-state index in [1.165, 1.54) is 0 Å². The number of nitriles is 1. The molecular weight excluding hydrogens is 269 g/mol. The molecule has 18 heavy (non-hydrogen) atoms. The third kappa shape index (κ3) is 2.45. The average Bonchev–Trinajstić information content (AvgIpc) is 2.67. The van der Waals surface area contributed by atoms with E-state index in [9.17, 15) is 0 Å². The molecule has 2 aromatic rings. The van der Waals surface area contributed by atoms with Crippen molar-refractivity contribution in [1.29, 1.82) is 5.26 Å². The maximum Gasteiger partial charge on any atom is 0.109 e. The van der Waals surface area contributed by atoms with E-state index in [1.807, 2.05) is 6.07 Å². The quantitative estimate of drug-likeness (QED) is 0.788. The molecule has 0 spiro atoms. The van der Waals surface area contributed by atoms with Crippen LogP contribution in [-0.2, 0) is 13.0 Å².